The first-order chi connectivity index (χ1) is 17.1. The van der Waals surface area contributed by atoms with Crippen LogP contribution in [0.25, 0.3) is 0 Å². The number of ether oxygens (including phenoxy) is 2. The highest BCUT2D eigenvalue weighted by Gasteiger charge is 2.35. The Morgan fingerprint density at radius 3 is 2.19 bits per heavy atom. The van der Waals surface area contributed by atoms with Crippen molar-refractivity contribution in [3.8, 4) is 5.75 Å². The first kappa shape index (κ1) is 29.0. The lowest BCUT2D eigenvalue weighted by Crippen LogP contribution is -2.53. The second-order valence-corrected chi connectivity index (χ2v) is 9.66. The van der Waals surface area contributed by atoms with Crippen molar-refractivity contribution in [2.24, 2.45) is 0 Å². The summed E-state index contributed by atoms with van der Waals surface area (Å²) in [4.78, 5) is 41.3. The van der Waals surface area contributed by atoms with E-state index in [1.54, 1.807) is 52.1 Å². The molecule has 2 aromatic carbocycles. The van der Waals surface area contributed by atoms with Crippen LogP contribution in [0.1, 0.15) is 52.1 Å². The van der Waals surface area contributed by atoms with Crippen LogP contribution in [0.4, 0.5) is 10.5 Å². The van der Waals surface area contributed by atoms with E-state index in [9.17, 15) is 14.4 Å². The molecule has 0 radical (unpaired) electrons. The maximum absolute atomic E-state index is 13.7. The molecule has 9 heteroatoms. The molecule has 0 saturated heterocycles. The number of thiol groups is 1. The van der Waals surface area contributed by atoms with E-state index in [4.69, 9.17) is 9.47 Å². The second-order valence-electron chi connectivity index (χ2n) is 9.30. The molecule has 8 nitrogen and oxygen atoms in total. The molecule has 36 heavy (non-hydrogen) atoms. The SMILES string of the molecule is CCCCN(C(=O)C(CS)NC(=O)OC(C)(C)C)C(C(=O)Nc1ccc(OC)cc1)c1ccccc1. The van der Waals surface area contributed by atoms with Crippen molar-refractivity contribution in [1.82, 2.24) is 10.2 Å². The second kappa shape index (κ2) is 13.8. The molecule has 0 aliphatic carbocycles. The summed E-state index contributed by atoms with van der Waals surface area (Å²) in [5.41, 5.74) is 0.506. The van der Waals surface area contributed by atoms with Gasteiger partial charge >= 0.3 is 6.09 Å². The summed E-state index contributed by atoms with van der Waals surface area (Å²) >= 11 is 4.30. The van der Waals surface area contributed by atoms with E-state index in [1.165, 1.54) is 4.90 Å². The lowest BCUT2D eigenvalue weighted by Gasteiger charge is -2.34. The van der Waals surface area contributed by atoms with E-state index in [-0.39, 0.29) is 11.7 Å². The number of benzene rings is 2. The molecule has 2 unspecified atom stereocenters. The van der Waals surface area contributed by atoms with E-state index in [0.717, 1.165) is 6.42 Å². The number of hydrogen-bond donors (Lipinski definition) is 3. The molecule has 0 bridgehead atoms. The third kappa shape index (κ3) is 8.78. The Bertz CT molecular complexity index is 993. The molecule has 0 saturated carbocycles. The predicted octanol–water partition coefficient (Wildman–Crippen LogP) is 4.83. The van der Waals surface area contributed by atoms with Crippen LogP contribution in [-0.4, -0.2) is 53.9 Å². The molecule has 2 N–H and O–H groups in total. The molecule has 0 spiro atoms. The number of unbranched alkanes of at least 4 members (excludes halogenated alkanes) is 1. The Kier molecular flexibility index (Phi) is 11.1. The van der Waals surface area contributed by atoms with Gasteiger partial charge < -0.3 is 25.0 Å². The molecule has 2 rings (SSSR count). The van der Waals surface area contributed by atoms with Crippen molar-refractivity contribution in [3.63, 3.8) is 0 Å². The number of anilines is 1. The van der Waals surface area contributed by atoms with E-state index < -0.39 is 29.7 Å². The van der Waals surface area contributed by atoms with Gasteiger partial charge in [0, 0.05) is 18.0 Å². The van der Waals surface area contributed by atoms with Crippen molar-refractivity contribution in [2.75, 3.05) is 24.7 Å². The van der Waals surface area contributed by atoms with E-state index in [0.29, 0.717) is 30.0 Å². The van der Waals surface area contributed by atoms with Crippen LogP contribution >= 0.6 is 12.6 Å². The molecule has 0 heterocycles. The summed E-state index contributed by atoms with van der Waals surface area (Å²) in [6, 6.07) is 14.2. The highest BCUT2D eigenvalue weighted by atomic mass is 32.1. The molecular weight excluding hydrogens is 478 g/mol. The van der Waals surface area contributed by atoms with Crippen LogP contribution in [-0.2, 0) is 14.3 Å². The Morgan fingerprint density at radius 1 is 1.03 bits per heavy atom. The summed E-state index contributed by atoms with van der Waals surface area (Å²) in [5.74, 6) is -0.0753. The van der Waals surface area contributed by atoms with Crippen LogP contribution in [0.3, 0.4) is 0 Å². The number of amides is 3. The van der Waals surface area contributed by atoms with Crippen molar-refractivity contribution < 1.29 is 23.9 Å². The zero-order chi connectivity index (χ0) is 26.7. The zero-order valence-corrected chi connectivity index (χ0v) is 22.5. The van der Waals surface area contributed by atoms with Gasteiger partial charge in [-0.3, -0.25) is 9.59 Å². The minimum atomic E-state index is -0.972. The van der Waals surface area contributed by atoms with Crippen molar-refractivity contribution in [3.05, 3.63) is 60.2 Å². The van der Waals surface area contributed by atoms with E-state index >= 15 is 0 Å². The van der Waals surface area contributed by atoms with Gasteiger partial charge in [0.15, 0.2) is 0 Å². The van der Waals surface area contributed by atoms with Gasteiger partial charge in [-0.1, -0.05) is 43.7 Å². The highest BCUT2D eigenvalue weighted by Crippen LogP contribution is 2.26. The Hall–Kier alpha value is -3.20. The van der Waals surface area contributed by atoms with E-state index in [1.807, 2.05) is 37.3 Å². The number of hydrogen-bond acceptors (Lipinski definition) is 6. The summed E-state index contributed by atoms with van der Waals surface area (Å²) in [7, 11) is 1.57. The molecule has 0 aromatic heterocycles. The number of carbonyl (C=O) groups excluding carboxylic acids is 3. The van der Waals surface area contributed by atoms with Gasteiger partial charge in [-0.2, -0.15) is 12.6 Å². The van der Waals surface area contributed by atoms with Gasteiger partial charge in [-0.25, -0.2) is 4.79 Å². The monoisotopic (exact) mass is 515 g/mol. The van der Waals surface area contributed by atoms with Crippen LogP contribution in [0, 0.1) is 0 Å². The standard InChI is InChI=1S/C27H37N3O5S/c1-6-7-17-30(25(32)22(18-36)29-26(33)35-27(2,3)4)23(19-11-9-8-10-12-19)24(31)28-20-13-15-21(34-5)16-14-20/h8-16,22-23,36H,6-7,17-18H2,1-5H3,(H,28,31)(H,29,33). The fourth-order valence-corrected chi connectivity index (χ4v) is 3.77. The van der Waals surface area contributed by atoms with Gasteiger partial charge in [0.25, 0.3) is 5.91 Å². The number of alkyl carbamates (subject to hydrolysis) is 1. The first-order valence-electron chi connectivity index (χ1n) is 12.0. The molecule has 196 valence electrons. The fourth-order valence-electron chi connectivity index (χ4n) is 3.52. The summed E-state index contributed by atoms with van der Waals surface area (Å²) in [5, 5.41) is 5.53. The zero-order valence-electron chi connectivity index (χ0n) is 21.6. The smallest absolute Gasteiger partial charge is 0.408 e. The van der Waals surface area contributed by atoms with Crippen molar-refractivity contribution >= 4 is 36.2 Å². The van der Waals surface area contributed by atoms with Crippen molar-refractivity contribution in [2.45, 2.75) is 58.2 Å². The Balaban J connectivity index is 2.39. The molecule has 0 fully saturated rings. The topological polar surface area (TPSA) is 97.0 Å². The highest BCUT2D eigenvalue weighted by molar-refractivity contribution is 7.80. The number of nitrogens with zero attached hydrogens (tertiary/aromatic N) is 1. The lowest BCUT2D eigenvalue weighted by atomic mass is 10.0. The molecule has 0 aliphatic heterocycles. The number of methoxy groups -OCH3 is 1. The number of carbonyl (C=O) groups is 3. The Morgan fingerprint density at radius 2 is 1.67 bits per heavy atom. The summed E-state index contributed by atoms with van der Waals surface area (Å²) in [6.45, 7) is 7.56. The predicted molar refractivity (Wildman–Crippen MR) is 144 cm³/mol. The molecule has 0 aliphatic rings. The van der Waals surface area contributed by atoms with E-state index in [2.05, 4.69) is 23.3 Å². The van der Waals surface area contributed by atoms with Gasteiger partial charge in [0.2, 0.25) is 5.91 Å². The molecule has 3 amide bonds. The van der Waals surface area contributed by atoms with Crippen LogP contribution in [0.5, 0.6) is 5.75 Å². The third-order valence-corrected chi connectivity index (χ3v) is 5.61. The summed E-state index contributed by atoms with van der Waals surface area (Å²) < 4.78 is 10.5. The minimum Gasteiger partial charge on any atom is -0.497 e. The molecule has 2 aromatic rings. The number of rotatable bonds is 11. The first-order valence-corrected chi connectivity index (χ1v) is 12.6. The average molecular weight is 516 g/mol. The quantitative estimate of drug-likeness (QED) is 0.373. The third-order valence-electron chi connectivity index (χ3n) is 5.24. The largest absolute Gasteiger partial charge is 0.497 e. The molecular formula is C27H37N3O5S. The maximum atomic E-state index is 13.7. The lowest BCUT2D eigenvalue weighted by molar-refractivity contribution is -0.140. The molecule has 2 atom stereocenters. The summed E-state index contributed by atoms with van der Waals surface area (Å²) in [6.07, 6.45) is 0.775. The van der Waals surface area contributed by atoms with Gasteiger partial charge in [-0.05, 0) is 57.0 Å². The average Bonchev–Trinajstić information content (AvgIpc) is 2.84. The normalized spacial score (nSPS) is 12.7. The maximum Gasteiger partial charge on any atom is 0.408 e. The fraction of sp³-hybridized carbons (Fsp3) is 0.444. The minimum absolute atomic E-state index is 0.0440. The van der Waals surface area contributed by atoms with Gasteiger partial charge in [0.1, 0.15) is 23.4 Å². The Labute approximate surface area is 219 Å². The van der Waals surface area contributed by atoms with Crippen molar-refractivity contribution in [1.29, 1.82) is 0 Å². The van der Waals surface area contributed by atoms with Gasteiger partial charge in [0.05, 0.1) is 7.11 Å². The number of nitrogens with one attached hydrogen (secondary N) is 2. The van der Waals surface area contributed by atoms with Crippen LogP contribution < -0.4 is 15.4 Å². The van der Waals surface area contributed by atoms with Crippen LogP contribution in [0.2, 0.25) is 0 Å². The van der Waals surface area contributed by atoms with Crippen LogP contribution in [0.15, 0.2) is 54.6 Å². The van der Waals surface area contributed by atoms with Gasteiger partial charge in [-0.15, -0.1) is 0 Å².